The van der Waals surface area contributed by atoms with Gasteiger partial charge < -0.3 is 15.7 Å². The quantitative estimate of drug-likeness (QED) is 0.436. The van der Waals surface area contributed by atoms with Crippen LogP contribution in [0.1, 0.15) is 31.9 Å². The summed E-state index contributed by atoms with van der Waals surface area (Å²) in [7, 11) is 0. The molecule has 0 fully saturated rings. The number of aliphatic hydroxyl groups is 1. The smallest absolute Gasteiger partial charge is 0.122 e. The van der Waals surface area contributed by atoms with Crippen LogP contribution in [0.15, 0.2) is 28.5 Å². The molecule has 1 aromatic rings. The summed E-state index contributed by atoms with van der Waals surface area (Å²) in [6.45, 7) is 6.61. The molecule has 0 aliphatic heterocycles. The van der Waals surface area contributed by atoms with Crippen molar-refractivity contribution in [2.24, 2.45) is 22.1 Å². The Kier molecular flexibility index (Phi) is 7.01. The SMILES string of the molecule is CCc1ccc(CC(N=NN)C(C)C)cc1OCCO. The van der Waals surface area contributed by atoms with Gasteiger partial charge in [-0.3, -0.25) is 0 Å². The van der Waals surface area contributed by atoms with Crippen molar-refractivity contribution in [3.05, 3.63) is 29.3 Å². The molecule has 1 unspecified atom stereocenters. The second kappa shape index (κ2) is 8.53. The fraction of sp³-hybridized carbons (Fsp3) is 0.600. The van der Waals surface area contributed by atoms with E-state index in [0.717, 1.165) is 29.7 Å². The summed E-state index contributed by atoms with van der Waals surface area (Å²) in [4.78, 5) is 0. The minimum absolute atomic E-state index is 0.0172. The van der Waals surface area contributed by atoms with Crippen LogP contribution < -0.4 is 10.6 Å². The summed E-state index contributed by atoms with van der Waals surface area (Å²) in [5.74, 6) is 6.38. The van der Waals surface area contributed by atoms with Gasteiger partial charge in [-0.1, -0.05) is 38.1 Å². The molecule has 1 aromatic carbocycles. The van der Waals surface area contributed by atoms with E-state index in [-0.39, 0.29) is 12.6 Å². The van der Waals surface area contributed by atoms with Gasteiger partial charge in [-0.25, -0.2) is 0 Å². The third-order valence-corrected chi connectivity index (χ3v) is 3.29. The van der Waals surface area contributed by atoms with Crippen LogP contribution >= 0.6 is 0 Å². The first-order valence-corrected chi connectivity index (χ1v) is 7.07. The maximum atomic E-state index is 8.88. The summed E-state index contributed by atoms with van der Waals surface area (Å²) >= 11 is 0. The van der Waals surface area contributed by atoms with E-state index < -0.39 is 0 Å². The number of nitrogens with two attached hydrogens (primary N) is 1. The Labute approximate surface area is 120 Å². The van der Waals surface area contributed by atoms with Crippen LogP contribution in [0.25, 0.3) is 0 Å². The summed E-state index contributed by atoms with van der Waals surface area (Å²) in [5.41, 5.74) is 2.28. The molecule has 0 aliphatic rings. The van der Waals surface area contributed by atoms with E-state index in [1.54, 1.807) is 0 Å². The third kappa shape index (κ3) is 4.81. The number of hydrogen-bond acceptors (Lipinski definition) is 4. The zero-order chi connectivity index (χ0) is 15.0. The highest BCUT2D eigenvalue weighted by molar-refractivity contribution is 5.38. The lowest BCUT2D eigenvalue weighted by Gasteiger charge is -2.16. The van der Waals surface area contributed by atoms with Crippen molar-refractivity contribution in [3.63, 3.8) is 0 Å². The fourth-order valence-electron chi connectivity index (χ4n) is 2.04. The summed E-state index contributed by atoms with van der Waals surface area (Å²) in [5, 5.41) is 16.4. The number of aliphatic hydroxyl groups excluding tert-OH is 1. The number of nitrogens with zero attached hydrogens (tertiary/aromatic N) is 2. The number of hydrogen-bond donors (Lipinski definition) is 2. The van der Waals surface area contributed by atoms with Gasteiger partial charge in [0.1, 0.15) is 12.4 Å². The van der Waals surface area contributed by atoms with Crippen molar-refractivity contribution in [1.29, 1.82) is 0 Å². The fourth-order valence-corrected chi connectivity index (χ4v) is 2.04. The second-order valence-electron chi connectivity index (χ2n) is 5.11. The largest absolute Gasteiger partial charge is 0.491 e. The lowest BCUT2D eigenvalue weighted by atomic mass is 9.96. The van der Waals surface area contributed by atoms with Gasteiger partial charge in [-0.2, -0.15) is 5.11 Å². The van der Waals surface area contributed by atoms with Gasteiger partial charge in [-0.05, 0) is 36.0 Å². The first-order chi connectivity index (χ1) is 9.62. The van der Waals surface area contributed by atoms with Crippen LogP contribution in [-0.2, 0) is 12.8 Å². The molecule has 0 saturated heterocycles. The standard InChI is InChI=1S/C15H25N3O2/c1-4-13-6-5-12(10-15(13)20-8-7-19)9-14(11(2)3)17-18-16/h5-6,10-11,14,19H,4,7-9H2,1-3H3,(H2,16,17). The van der Waals surface area contributed by atoms with E-state index in [1.807, 2.05) is 6.07 Å². The molecule has 0 heterocycles. The summed E-state index contributed by atoms with van der Waals surface area (Å²) in [6, 6.07) is 6.25. The van der Waals surface area contributed by atoms with Gasteiger partial charge in [0.2, 0.25) is 0 Å². The Morgan fingerprint density at radius 1 is 1.35 bits per heavy atom. The number of rotatable bonds is 8. The van der Waals surface area contributed by atoms with E-state index in [1.165, 1.54) is 0 Å². The Morgan fingerprint density at radius 3 is 2.65 bits per heavy atom. The van der Waals surface area contributed by atoms with Crippen LogP contribution in [0.3, 0.4) is 0 Å². The second-order valence-corrected chi connectivity index (χ2v) is 5.11. The molecule has 112 valence electrons. The van der Waals surface area contributed by atoms with E-state index in [4.69, 9.17) is 15.7 Å². The summed E-state index contributed by atoms with van der Waals surface area (Å²) in [6.07, 6.45) is 1.68. The van der Waals surface area contributed by atoms with Crippen LogP contribution in [-0.4, -0.2) is 24.4 Å². The van der Waals surface area contributed by atoms with Gasteiger partial charge in [0.15, 0.2) is 0 Å². The Bertz CT molecular complexity index is 433. The van der Waals surface area contributed by atoms with Crippen molar-refractivity contribution in [3.8, 4) is 5.75 Å². The summed E-state index contributed by atoms with van der Waals surface area (Å²) < 4.78 is 5.59. The molecule has 3 N–H and O–H groups in total. The van der Waals surface area contributed by atoms with Gasteiger partial charge in [0.25, 0.3) is 0 Å². The first-order valence-electron chi connectivity index (χ1n) is 7.07. The predicted molar refractivity (Wildman–Crippen MR) is 79.8 cm³/mol. The molecular formula is C15H25N3O2. The average Bonchev–Trinajstić information content (AvgIpc) is 2.44. The number of ether oxygens (including phenoxy) is 1. The van der Waals surface area contributed by atoms with Crippen LogP contribution in [0.2, 0.25) is 0 Å². The highest BCUT2D eigenvalue weighted by Gasteiger charge is 2.14. The zero-order valence-electron chi connectivity index (χ0n) is 12.5. The van der Waals surface area contributed by atoms with E-state index in [0.29, 0.717) is 12.5 Å². The first kappa shape index (κ1) is 16.4. The van der Waals surface area contributed by atoms with Crippen LogP contribution in [0.5, 0.6) is 5.75 Å². The van der Waals surface area contributed by atoms with E-state index in [9.17, 15) is 0 Å². The molecular weight excluding hydrogens is 254 g/mol. The molecule has 0 radical (unpaired) electrons. The van der Waals surface area contributed by atoms with Crippen molar-refractivity contribution in [2.75, 3.05) is 13.2 Å². The Balaban J connectivity index is 2.89. The molecule has 1 atom stereocenters. The monoisotopic (exact) mass is 279 g/mol. The van der Waals surface area contributed by atoms with Crippen molar-refractivity contribution in [1.82, 2.24) is 0 Å². The van der Waals surface area contributed by atoms with E-state index in [2.05, 4.69) is 43.2 Å². The van der Waals surface area contributed by atoms with Gasteiger partial charge in [0.05, 0.1) is 12.6 Å². The normalized spacial score (nSPS) is 13.1. The zero-order valence-corrected chi connectivity index (χ0v) is 12.5. The highest BCUT2D eigenvalue weighted by atomic mass is 16.5. The third-order valence-electron chi connectivity index (χ3n) is 3.29. The minimum atomic E-state index is 0.0172. The Morgan fingerprint density at radius 2 is 2.10 bits per heavy atom. The number of benzene rings is 1. The lowest BCUT2D eigenvalue weighted by molar-refractivity contribution is 0.200. The molecule has 0 aliphatic carbocycles. The molecule has 0 spiro atoms. The Hall–Kier alpha value is -1.62. The van der Waals surface area contributed by atoms with Gasteiger partial charge >= 0.3 is 0 Å². The van der Waals surface area contributed by atoms with Crippen molar-refractivity contribution >= 4 is 0 Å². The molecule has 5 nitrogen and oxygen atoms in total. The molecule has 5 heteroatoms. The van der Waals surface area contributed by atoms with Gasteiger partial charge in [0, 0.05) is 0 Å². The topological polar surface area (TPSA) is 80.2 Å². The maximum absolute atomic E-state index is 8.88. The average molecular weight is 279 g/mol. The number of aryl methyl sites for hydroxylation is 1. The molecule has 0 amide bonds. The van der Waals surface area contributed by atoms with Gasteiger partial charge in [-0.15, -0.1) is 0 Å². The lowest BCUT2D eigenvalue weighted by Crippen LogP contribution is -2.16. The van der Waals surface area contributed by atoms with E-state index >= 15 is 0 Å². The van der Waals surface area contributed by atoms with Crippen molar-refractivity contribution < 1.29 is 9.84 Å². The molecule has 0 saturated carbocycles. The van der Waals surface area contributed by atoms with Crippen LogP contribution in [0.4, 0.5) is 0 Å². The molecule has 0 bridgehead atoms. The van der Waals surface area contributed by atoms with Crippen LogP contribution in [0, 0.1) is 5.92 Å². The highest BCUT2D eigenvalue weighted by Crippen LogP contribution is 2.23. The minimum Gasteiger partial charge on any atom is -0.491 e. The predicted octanol–water partition coefficient (Wildman–Crippen LogP) is 2.51. The maximum Gasteiger partial charge on any atom is 0.122 e. The van der Waals surface area contributed by atoms with Crippen molar-refractivity contribution in [2.45, 2.75) is 39.7 Å². The molecule has 1 rings (SSSR count). The molecule has 20 heavy (non-hydrogen) atoms. The molecule has 0 aromatic heterocycles.